The van der Waals surface area contributed by atoms with Crippen LogP contribution in [0.15, 0.2) is 48.5 Å². The molecule has 0 aliphatic heterocycles. The average molecular weight is 533 g/mol. The molecule has 2 aromatic rings. The van der Waals surface area contributed by atoms with Crippen LogP contribution in [0.4, 0.5) is 4.79 Å². The summed E-state index contributed by atoms with van der Waals surface area (Å²) in [5, 5.41) is 24.9. The molecule has 0 aromatic heterocycles. The number of nitrogens with zero attached hydrogens (tertiary/aromatic N) is 2. The number of benzene rings is 2. The van der Waals surface area contributed by atoms with E-state index in [4.69, 9.17) is 11.2 Å². The number of amides is 3. The van der Waals surface area contributed by atoms with Gasteiger partial charge in [-0.2, -0.15) is 5.26 Å². The van der Waals surface area contributed by atoms with Crippen molar-refractivity contribution in [1.82, 2.24) is 15.5 Å². The number of aromatic hydroxyl groups is 1. The summed E-state index contributed by atoms with van der Waals surface area (Å²) >= 11 is 0. The molecule has 206 valence electrons. The number of rotatable bonds is 8. The third-order valence-corrected chi connectivity index (χ3v) is 5.36. The first-order chi connectivity index (χ1) is 18.1. The molecule has 2 atom stereocenters. The third kappa shape index (κ3) is 9.39. The Morgan fingerprint density at radius 2 is 1.67 bits per heavy atom. The van der Waals surface area contributed by atoms with Gasteiger partial charge in [0.25, 0.3) is 0 Å². The maximum absolute atomic E-state index is 14.1. The van der Waals surface area contributed by atoms with Crippen molar-refractivity contribution in [2.75, 3.05) is 6.54 Å². The fraction of sp³-hybridized carbons (Fsp3) is 0.400. The average Bonchev–Trinajstić information content (AvgIpc) is 2.82. The van der Waals surface area contributed by atoms with Gasteiger partial charge in [0, 0.05) is 17.5 Å². The van der Waals surface area contributed by atoms with Crippen LogP contribution in [0.5, 0.6) is 5.75 Å². The van der Waals surface area contributed by atoms with E-state index >= 15 is 0 Å². The lowest BCUT2D eigenvalue weighted by Gasteiger charge is -2.35. The molecule has 0 saturated heterocycles. The minimum atomic E-state index is -1.26. The minimum Gasteiger partial charge on any atom is -0.508 e. The summed E-state index contributed by atoms with van der Waals surface area (Å²) in [6.45, 7) is 10.00. The molecule has 2 aromatic carbocycles. The molecule has 3 N–H and O–H groups in total. The van der Waals surface area contributed by atoms with E-state index in [2.05, 4.69) is 16.6 Å². The van der Waals surface area contributed by atoms with Gasteiger partial charge in [-0.3, -0.25) is 9.59 Å². The van der Waals surface area contributed by atoms with Crippen LogP contribution in [0.2, 0.25) is 0 Å². The zero-order chi connectivity index (χ0) is 29.4. The standard InChI is InChI=1S/C30H36N4O5/c1-8-21-11-9-10-12-23(21)25(26(36)33-29(2,3)4)34(18-17-31)27(37)24(32-28(38)39-30(5,6)7)19-20-13-15-22(35)16-14-20/h1,9-16,24-25,35H,18-19H2,2-7H3,(H,32,38)(H,33,36). The molecule has 0 saturated carbocycles. The van der Waals surface area contributed by atoms with Crippen LogP contribution in [0, 0.1) is 23.7 Å². The Kier molecular flexibility index (Phi) is 10.1. The van der Waals surface area contributed by atoms with Crippen LogP contribution < -0.4 is 10.6 Å². The topological polar surface area (TPSA) is 132 Å². The Hall–Kier alpha value is -4.50. The molecule has 39 heavy (non-hydrogen) atoms. The number of phenols is 1. The van der Waals surface area contributed by atoms with Crippen LogP contribution in [-0.4, -0.2) is 51.6 Å². The van der Waals surface area contributed by atoms with E-state index < -0.39 is 47.7 Å². The van der Waals surface area contributed by atoms with Gasteiger partial charge in [0.1, 0.15) is 30.0 Å². The lowest BCUT2D eigenvalue weighted by Crippen LogP contribution is -2.55. The summed E-state index contributed by atoms with van der Waals surface area (Å²) < 4.78 is 5.38. The quantitative estimate of drug-likeness (QED) is 0.350. The summed E-state index contributed by atoms with van der Waals surface area (Å²) in [6.07, 6.45) is 4.89. The number of carbonyl (C=O) groups excluding carboxylic acids is 3. The molecule has 3 amide bonds. The van der Waals surface area contributed by atoms with Crippen molar-refractivity contribution in [1.29, 1.82) is 5.26 Å². The molecule has 2 unspecified atom stereocenters. The zero-order valence-corrected chi connectivity index (χ0v) is 23.2. The molecule has 0 aliphatic carbocycles. The fourth-order valence-corrected chi connectivity index (χ4v) is 3.85. The van der Waals surface area contributed by atoms with Gasteiger partial charge in [-0.1, -0.05) is 36.3 Å². The summed E-state index contributed by atoms with van der Waals surface area (Å²) in [4.78, 5) is 41.6. The Labute approximate surface area is 230 Å². The predicted octanol–water partition coefficient (Wildman–Crippen LogP) is 3.82. The van der Waals surface area contributed by atoms with Crippen LogP contribution in [0.1, 0.15) is 64.3 Å². The van der Waals surface area contributed by atoms with E-state index in [1.54, 1.807) is 77.9 Å². The largest absolute Gasteiger partial charge is 0.508 e. The van der Waals surface area contributed by atoms with Crippen molar-refractivity contribution in [3.8, 4) is 24.2 Å². The smallest absolute Gasteiger partial charge is 0.408 e. The highest BCUT2D eigenvalue weighted by Crippen LogP contribution is 2.27. The Morgan fingerprint density at radius 1 is 1.05 bits per heavy atom. The van der Waals surface area contributed by atoms with Gasteiger partial charge in [-0.05, 0) is 70.9 Å². The molecule has 0 fully saturated rings. The summed E-state index contributed by atoms with van der Waals surface area (Å²) in [5.41, 5.74) is -0.104. The van der Waals surface area contributed by atoms with Crippen LogP contribution in [0.3, 0.4) is 0 Å². The van der Waals surface area contributed by atoms with Gasteiger partial charge in [0.2, 0.25) is 11.8 Å². The minimum absolute atomic E-state index is 0.00464. The highest BCUT2D eigenvalue weighted by molar-refractivity contribution is 5.93. The zero-order valence-electron chi connectivity index (χ0n) is 23.2. The number of hydrogen-bond acceptors (Lipinski definition) is 6. The van der Waals surface area contributed by atoms with Gasteiger partial charge >= 0.3 is 6.09 Å². The number of nitrogens with one attached hydrogen (secondary N) is 2. The van der Waals surface area contributed by atoms with Crippen molar-refractivity contribution < 1.29 is 24.2 Å². The fourth-order valence-electron chi connectivity index (χ4n) is 3.85. The molecule has 0 spiro atoms. The SMILES string of the molecule is C#Cc1ccccc1C(C(=O)NC(C)(C)C)N(CC#N)C(=O)C(Cc1ccc(O)cc1)NC(=O)OC(C)(C)C. The van der Waals surface area contributed by atoms with Crippen LogP contribution in [0.25, 0.3) is 0 Å². The molecule has 2 rings (SSSR count). The molecule has 0 heterocycles. The van der Waals surface area contributed by atoms with E-state index in [-0.39, 0.29) is 12.2 Å². The van der Waals surface area contributed by atoms with Gasteiger partial charge in [-0.15, -0.1) is 6.42 Å². The first kappa shape index (κ1) is 30.7. The molecule has 9 nitrogen and oxygen atoms in total. The number of alkyl carbamates (subject to hydrolysis) is 1. The predicted molar refractivity (Wildman–Crippen MR) is 147 cm³/mol. The third-order valence-electron chi connectivity index (χ3n) is 5.36. The second-order valence-electron chi connectivity index (χ2n) is 11.1. The van der Waals surface area contributed by atoms with Gasteiger partial charge in [0.05, 0.1) is 6.07 Å². The number of carbonyl (C=O) groups is 3. The monoisotopic (exact) mass is 532 g/mol. The van der Waals surface area contributed by atoms with Gasteiger partial charge in [0.15, 0.2) is 0 Å². The first-order valence-corrected chi connectivity index (χ1v) is 12.5. The second-order valence-corrected chi connectivity index (χ2v) is 11.1. The molecule has 9 heteroatoms. The van der Waals surface area contributed by atoms with Gasteiger partial charge < -0.3 is 25.4 Å². The van der Waals surface area contributed by atoms with E-state index in [0.717, 1.165) is 4.90 Å². The normalized spacial score (nSPS) is 12.7. The lowest BCUT2D eigenvalue weighted by atomic mass is 9.95. The van der Waals surface area contributed by atoms with Crippen molar-refractivity contribution >= 4 is 17.9 Å². The maximum atomic E-state index is 14.1. The summed E-state index contributed by atoms with van der Waals surface area (Å²) in [7, 11) is 0. The van der Waals surface area contributed by atoms with Crippen molar-refractivity contribution in [3.05, 3.63) is 65.2 Å². The number of phenolic OH excluding ortho intramolecular Hbond substituents is 1. The molecule has 0 aliphatic rings. The molecule has 0 bridgehead atoms. The Balaban J connectivity index is 2.61. The highest BCUT2D eigenvalue weighted by Gasteiger charge is 2.38. The maximum Gasteiger partial charge on any atom is 0.408 e. The van der Waals surface area contributed by atoms with E-state index in [1.165, 1.54) is 12.1 Å². The number of ether oxygens (including phenoxy) is 1. The van der Waals surface area contributed by atoms with E-state index in [0.29, 0.717) is 16.7 Å². The van der Waals surface area contributed by atoms with Crippen LogP contribution >= 0.6 is 0 Å². The summed E-state index contributed by atoms with van der Waals surface area (Å²) in [5.74, 6) is 1.37. The first-order valence-electron chi connectivity index (χ1n) is 12.5. The number of nitriles is 1. The van der Waals surface area contributed by atoms with Crippen molar-refractivity contribution in [2.45, 2.75) is 71.2 Å². The van der Waals surface area contributed by atoms with Crippen molar-refractivity contribution in [2.24, 2.45) is 0 Å². The Morgan fingerprint density at radius 3 is 2.21 bits per heavy atom. The summed E-state index contributed by atoms with van der Waals surface area (Å²) in [6, 6.07) is 12.3. The molecular weight excluding hydrogens is 496 g/mol. The number of hydrogen-bond donors (Lipinski definition) is 3. The van der Waals surface area contributed by atoms with E-state index in [1.807, 2.05) is 6.07 Å². The molecular formula is C30H36N4O5. The Bertz CT molecular complexity index is 1260. The number of terminal acetylenes is 1. The van der Waals surface area contributed by atoms with Crippen molar-refractivity contribution in [3.63, 3.8) is 0 Å². The highest BCUT2D eigenvalue weighted by atomic mass is 16.6. The van der Waals surface area contributed by atoms with Crippen LogP contribution in [-0.2, 0) is 20.7 Å². The van der Waals surface area contributed by atoms with E-state index in [9.17, 15) is 24.8 Å². The molecule has 0 radical (unpaired) electrons. The van der Waals surface area contributed by atoms with Gasteiger partial charge in [-0.25, -0.2) is 4.79 Å². The second kappa shape index (κ2) is 12.8. The lowest BCUT2D eigenvalue weighted by molar-refractivity contribution is -0.142.